The third-order valence-corrected chi connectivity index (χ3v) is 4.49. The molecule has 0 saturated heterocycles. The molecule has 1 N–H and O–H groups in total. The molecule has 24 heavy (non-hydrogen) atoms. The molecule has 0 fully saturated rings. The average Bonchev–Trinajstić information content (AvgIpc) is 3.02. The first-order valence-corrected chi connectivity index (χ1v) is 8.22. The average molecular weight is 340 g/mol. The van der Waals surface area contributed by atoms with Crippen LogP contribution >= 0.6 is 11.8 Å². The van der Waals surface area contributed by atoms with Crippen molar-refractivity contribution in [2.45, 2.75) is 5.16 Å². The summed E-state index contributed by atoms with van der Waals surface area (Å²) in [5.41, 5.74) is 1.77. The van der Waals surface area contributed by atoms with E-state index in [-0.39, 0.29) is 24.1 Å². The SMILES string of the molecule is O=C1COc2ccc(C(=O)CSc3nnc4ccccn34)cc2N1. The summed E-state index contributed by atoms with van der Waals surface area (Å²) in [5.74, 6) is 0.512. The molecule has 1 amide bonds. The first-order valence-electron chi connectivity index (χ1n) is 7.23. The van der Waals surface area contributed by atoms with Crippen LogP contribution in [0.5, 0.6) is 5.75 Å². The van der Waals surface area contributed by atoms with E-state index in [1.807, 2.05) is 28.8 Å². The van der Waals surface area contributed by atoms with Gasteiger partial charge >= 0.3 is 0 Å². The van der Waals surface area contributed by atoms with E-state index in [1.165, 1.54) is 11.8 Å². The van der Waals surface area contributed by atoms with Gasteiger partial charge in [0.15, 0.2) is 23.2 Å². The van der Waals surface area contributed by atoms with Gasteiger partial charge in [-0.05, 0) is 30.3 Å². The van der Waals surface area contributed by atoms with Gasteiger partial charge < -0.3 is 10.1 Å². The number of hydrogen-bond acceptors (Lipinski definition) is 6. The quantitative estimate of drug-likeness (QED) is 0.578. The predicted molar refractivity (Wildman–Crippen MR) is 88.6 cm³/mol. The standard InChI is InChI=1S/C16H12N4O3S/c21-12(9-24-16-19-18-14-3-1-2-6-20(14)16)10-4-5-13-11(7-10)17-15(22)8-23-13/h1-7H,8-9H2,(H,17,22). The summed E-state index contributed by atoms with van der Waals surface area (Å²) >= 11 is 1.32. The number of nitrogens with one attached hydrogen (secondary N) is 1. The Morgan fingerprint density at radius 2 is 2.21 bits per heavy atom. The second kappa shape index (κ2) is 5.97. The van der Waals surface area contributed by atoms with Crippen molar-refractivity contribution >= 4 is 34.8 Å². The van der Waals surface area contributed by atoms with Crippen molar-refractivity contribution < 1.29 is 14.3 Å². The molecule has 0 atom stereocenters. The number of carbonyl (C=O) groups is 2. The van der Waals surface area contributed by atoms with Crippen molar-refractivity contribution in [1.29, 1.82) is 0 Å². The molecule has 0 bridgehead atoms. The molecule has 7 nitrogen and oxygen atoms in total. The first kappa shape index (κ1) is 14.7. The molecule has 4 rings (SSSR count). The highest BCUT2D eigenvalue weighted by Crippen LogP contribution is 2.29. The summed E-state index contributed by atoms with van der Waals surface area (Å²) in [7, 11) is 0. The van der Waals surface area contributed by atoms with Gasteiger partial charge in [0.1, 0.15) is 5.75 Å². The predicted octanol–water partition coefficient (Wildman–Crippen LogP) is 2.04. The van der Waals surface area contributed by atoms with E-state index in [0.29, 0.717) is 22.2 Å². The molecule has 0 unspecified atom stereocenters. The Labute approximate surface area is 141 Å². The first-order chi connectivity index (χ1) is 11.7. The van der Waals surface area contributed by atoms with E-state index in [0.717, 1.165) is 5.65 Å². The van der Waals surface area contributed by atoms with Crippen LogP contribution in [0.15, 0.2) is 47.8 Å². The van der Waals surface area contributed by atoms with Gasteiger partial charge in [0.25, 0.3) is 5.91 Å². The largest absolute Gasteiger partial charge is 0.482 e. The molecule has 8 heteroatoms. The lowest BCUT2D eigenvalue weighted by Gasteiger charge is -2.18. The molecule has 1 aromatic carbocycles. The van der Waals surface area contributed by atoms with Crippen LogP contribution in [-0.2, 0) is 4.79 Å². The fraction of sp³-hybridized carbons (Fsp3) is 0.125. The lowest BCUT2D eigenvalue weighted by Crippen LogP contribution is -2.25. The van der Waals surface area contributed by atoms with Crippen LogP contribution in [0.2, 0.25) is 0 Å². The molecule has 0 spiro atoms. The lowest BCUT2D eigenvalue weighted by atomic mass is 10.1. The number of Topliss-reactive ketones (excluding diaryl/α,β-unsaturated/α-hetero) is 1. The zero-order valence-corrected chi connectivity index (χ0v) is 13.2. The molecule has 0 radical (unpaired) electrons. The minimum Gasteiger partial charge on any atom is -0.482 e. The van der Waals surface area contributed by atoms with E-state index in [2.05, 4.69) is 15.5 Å². The number of anilines is 1. The zero-order valence-electron chi connectivity index (χ0n) is 12.4. The van der Waals surface area contributed by atoms with Crippen molar-refractivity contribution in [1.82, 2.24) is 14.6 Å². The summed E-state index contributed by atoms with van der Waals surface area (Å²) in [6.07, 6.45) is 1.86. The number of fused-ring (bicyclic) bond motifs is 2. The fourth-order valence-corrected chi connectivity index (χ4v) is 3.21. The van der Waals surface area contributed by atoms with E-state index >= 15 is 0 Å². The Morgan fingerprint density at radius 3 is 3.12 bits per heavy atom. The number of benzene rings is 1. The van der Waals surface area contributed by atoms with E-state index < -0.39 is 0 Å². The summed E-state index contributed by atoms with van der Waals surface area (Å²) in [4.78, 5) is 23.8. The minimum atomic E-state index is -0.226. The minimum absolute atomic E-state index is 0.00387. The molecule has 2 aromatic heterocycles. The van der Waals surface area contributed by atoms with Gasteiger partial charge in [-0.25, -0.2) is 0 Å². The smallest absolute Gasteiger partial charge is 0.262 e. The van der Waals surface area contributed by atoms with Gasteiger partial charge in [0, 0.05) is 11.8 Å². The number of thioether (sulfide) groups is 1. The van der Waals surface area contributed by atoms with Crippen molar-refractivity contribution in [2.24, 2.45) is 0 Å². The summed E-state index contributed by atoms with van der Waals surface area (Å²) in [5, 5.41) is 11.5. The van der Waals surface area contributed by atoms with Crippen molar-refractivity contribution in [3.63, 3.8) is 0 Å². The fourth-order valence-electron chi connectivity index (χ4n) is 2.39. The highest BCUT2D eigenvalue weighted by Gasteiger charge is 2.18. The zero-order chi connectivity index (χ0) is 16.5. The number of carbonyl (C=O) groups excluding carboxylic acids is 2. The molecule has 0 aliphatic carbocycles. The normalized spacial score (nSPS) is 13.2. The molecule has 0 saturated carbocycles. The van der Waals surface area contributed by atoms with Crippen LogP contribution in [0, 0.1) is 0 Å². The Morgan fingerprint density at radius 1 is 1.29 bits per heavy atom. The van der Waals surface area contributed by atoms with Crippen LogP contribution in [-0.4, -0.2) is 38.6 Å². The van der Waals surface area contributed by atoms with Crippen molar-refractivity contribution in [3.8, 4) is 5.75 Å². The van der Waals surface area contributed by atoms with Crippen LogP contribution in [0.3, 0.4) is 0 Å². The van der Waals surface area contributed by atoms with Crippen LogP contribution in [0.1, 0.15) is 10.4 Å². The number of ketones is 1. The second-order valence-corrected chi connectivity index (χ2v) is 6.11. The highest BCUT2D eigenvalue weighted by atomic mass is 32.2. The molecule has 3 aromatic rings. The van der Waals surface area contributed by atoms with E-state index in [4.69, 9.17) is 4.74 Å². The molecule has 3 heterocycles. The van der Waals surface area contributed by atoms with Gasteiger partial charge in [-0.2, -0.15) is 0 Å². The highest BCUT2D eigenvalue weighted by molar-refractivity contribution is 7.99. The van der Waals surface area contributed by atoms with Crippen molar-refractivity contribution in [2.75, 3.05) is 17.7 Å². The lowest BCUT2D eigenvalue weighted by molar-refractivity contribution is -0.118. The van der Waals surface area contributed by atoms with E-state index in [9.17, 15) is 9.59 Å². The number of rotatable bonds is 4. The van der Waals surface area contributed by atoms with Gasteiger partial charge in [-0.1, -0.05) is 17.8 Å². The second-order valence-electron chi connectivity index (χ2n) is 5.17. The van der Waals surface area contributed by atoms with Gasteiger partial charge in [0.2, 0.25) is 0 Å². The Kier molecular flexibility index (Phi) is 3.66. The molecular formula is C16H12N4O3S. The Bertz CT molecular complexity index is 953. The summed E-state index contributed by atoms with van der Waals surface area (Å²) < 4.78 is 7.12. The monoisotopic (exact) mass is 340 g/mol. The summed E-state index contributed by atoms with van der Waals surface area (Å²) in [6.45, 7) is -0.00387. The topological polar surface area (TPSA) is 85.6 Å². The van der Waals surface area contributed by atoms with Gasteiger partial charge in [0.05, 0.1) is 11.4 Å². The summed E-state index contributed by atoms with van der Waals surface area (Å²) in [6, 6.07) is 10.6. The van der Waals surface area contributed by atoms with Gasteiger partial charge in [-0.3, -0.25) is 14.0 Å². The molecule has 1 aliphatic heterocycles. The van der Waals surface area contributed by atoms with Crippen LogP contribution < -0.4 is 10.1 Å². The van der Waals surface area contributed by atoms with Crippen molar-refractivity contribution in [3.05, 3.63) is 48.2 Å². The maximum absolute atomic E-state index is 12.4. The maximum atomic E-state index is 12.4. The van der Waals surface area contributed by atoms with Crippen LogP contribution in [0.25, 0.3) is 5.65 Å². The Hall–Kier alpha value is -2.87. The number of amides is 1. The number of hydrogen-bond donors (Lipinski definition) is 1. The third kappa shape index (κ3) is 2.71. The third-order valence-electron chi connectivity index (χ3n) is 3.55. The Balaban J connectivity index is 1.50. The number of pyridine rings is 1. The number of ether oxygens (including phenoxy) is 1. The van der Waals surface area contributed by atoms with Crippen LogP contribution in [0.4, 0.5) is 5.69 Å². The molecule has 120 valence electrons. The maximum Gasteiger partial charge on any atom is 0.262 e. The number of nitrogens with zero attached hydrogens (tertiary/aromatic N) is 3. The van der Waals surface area contributed by atoms with Gasteiger partial charge in [-0.15, -0.1) is 10.2 Å². The van der Waals surface area contributed by atoms with E-state index in [1.54, 1.807) is 18.2 Å². The molecular weight excluding hydrogens is 328 g/mol. The number of aromatic nitrogens is 3. The molecule has 1 aliphatic rings.